The van der Waals surface area contributed by atoms with Crippen LogP contribution in [0.3, 0.4) is 0 Å². The molecule has 45 heavy (non-hydrogen) atoms. The van der Waals surface area contributed by atoms with Crippen molar-refractivity contribution in [2.45, 2.75) is 51.6 Å². The van der Waals surface area contributed by atoms with Gasteiger partial charge in [-0.1, -0.05) is 72.8 Å². The lowest BCUT2D eigenvalue weighted by atomic mass is 9.80. The van der Waals surface area contributed by atoms with Crippen molar-refractivity contribution in [1.82, 2.24) is 10.2 Å². The molecule has 0 amide bonds. The zero-order chi connectivity index (χ0) is 32.7. The van der Waals surface area contributed by atoms with Gasteiger partial charge in [-0.05, 0) is 64.4 Å². The fourth-order valence-corrected chi connectivity index (χ4v) is 6.12. The highest BCUT2D eigenvalue weighted by atomic mass is 16.6. The molecule has 9 heteroatoms. The van der Waals surface area contributed by atoms with E-state index in [1.165, 1.54) is 30.4 Å². The Hall–Kier alpha value is -4.76. The third-order valence-corrected chi connectivity index (χ3v) is 8.03. The Kier molecular flexibility index (Phi) is 10.6. The first-order chi connectivity index (χ1) is 21.4. The van der Waals surface area contributed by atoms with Crippen LogP contribution in [0.4, 0.5) is 5.69 Å². The van der Waals surface area contributed by atoms with Gasteiger partial charge in [0.25, 0.3) is 4.92 Å². The van der Waals surface area contributed by atoms with Gasteiger partial charge in [0, 0.05) is 36.0 Å². The average Bonchev–Trinajstić information content (AvgIpc) is 3.01. The number of likely N-dealkylation sites (N-methyl/N-ethyl adjacent to an activating group) is 1. The minimum atomic E-state index is -0.892. The van der Waals surface area contributed by atoms with Gasteiger partial charge in [-0.15, -0.1) is 0 Å². The second kappa shape index (κ2) is 14.3. The molecule has 0 fully saturated rings. The lowest BCUT2D eigenvalue weighted by Gasteiger charge is -2.34. The lowest BCUT2D eigenvalue weighted by molar-refractivity contribution is -0.729. The maximum atomic E-state index is 14.0. The molecule has 0 saturated heterocycles. The summed E-state index contributed by atoms with van der Waals surface area (Å²) in [7, 11) is 3.28. The van der Waals surface area contributed by atoms with Gasteiger partial charge in [0.1, 0.15) is 5.60 Å². The highest BCUT2D eigenvalue weighted by molar-refractivity contribution is 6.00. The van der Waals surface area contributed by atoms with Crippen LogP contribution in [0.5, 0.6) is 0 Å². The Morgan fingerprint density at radius 3 is 2.00 bits per heavy atom. The van der Waals surface area contributed by atoms with Gasteiger partial charge in [-0.3, -0.25) is 0 Å². The smallest absolute Gasteiger partial charge is 0.337 e. The van der Waals surface area contributed by atoms with Crippen molar-refractivity contribution in [3.63, 3.8) is 0 Å². The summed E-state index contributed by atoms with van der Waals surface area (Å²) < 4.78 is 11.2. The van der Waals surface area contributed by atoms with E-state index in [1.807, 2.05) is 33.0 Å². The second-order valence-corrected chi connectivity index (χ2v) is 12.0. The predicted octanol–water partition coefficient (Wildman–Crippen LogP) is 6.37. The van der Waals surface area contributed by atoms with Crippen molar-refractivity contribution in [3.05, 3.63) is 129 Å². The van der Waals surface area contributed by atoms with E-state index in [0.29, 0.717) is 23.5 Å². The number of benzene rings is 3. The molecule has 3 aromatic carbocycles. The molecule has 0 aliphatic carbocycles. The average molecular weight is 613 g/mol. The largest absolute Gasteiger partial charge is 0.466 e. The topological polar surface area (TPSA) is 108 Å². The van der Waals surface area contributed by atoms with Crippen LogP contribution >= 0.6 is 0 Å². The molecule has 0 saturated carbocycles. The molecular weight excluding hydrogens is 570 g/mol. The van der Waals surface area contributed by atoms with Gasteiger partial charge in [0.05, 0.1) is 29.1 Å². The van der Waals surface area contributed by atoms with Crippen LogP contribution in [0.25, 0.3) is 0 Å². The molecule has 1 atom stereocenters. The number of hydrogen-bond donors (Lipinski definition) is 2. The van der Waals surface area contributed by atoms with Crippen LogP contribution in [-0.4, -0.2) is 59.8 Å². The Bertz CT molecular complexity index is 1560. The van der Waals surface area contributed by atoms with Gasteiger partial charge in [0.2, 0.25) is 0 Å². The van der Waals surface area contributed by atoms with E-state index in [-0.39, 0.29) is 27.7 Å². The van der Waals surface area contributed by atoms with E-state index in [1.54, 1.807) is 26.0 Å². The molecule has 1 aliphatic rings. The summed E-state index contributed by atoms with van der Waals surface area (Å²) in [5.41, 5.74) is 3.48. The van der Waals surface area contributed by atoms with Crippen molar-refractivity contribution in [2.75, 3.05) is 27.2 Å². The summed E-state index contributed by atoms with van der Waals surface area (Å²) in [5, 5.41) is 12.7. The first-order valence-electron chi connectivity index (χ1n) is 15.0. The summed E-state index contributed by atoms with van der Waals surface area (Å²) in [6, 6.07) is 27.0. The SMILES string of the molecule is COC(=O)C1=C(C)NC(C)=C(C(=O)OC(C)(C)CN(C)CCC(c2ccccc2)c2ccccc2)C1c1cccc([N+](=O)O)c1. The second-order valence-electron chi connectivity index (χ2n) is 12.0. The number of esters is 2. The Balaban J connectivity index is 1.54. The van der Waals surface area contributed by atoms with Crippen LogP contribution < -0.4 is 5.32 Å². The number of rotatable bonds is 12. The molecule has 1 unspecified atom stereocenters. The highest BCUT2D eigenvalue weighted by Gasteiger charge is 2.40. The molecule has 0 bridgehead atoms. The monoisotopic (exact) mass is 612 g/mol. The maximum Gasteiger partial charge on any atom is 0.337 e. The quantitative estimate of drug-likeness (QED) is 0.180. The van der Waals surface area contributed by atoms with Crippen molar-refractivity contribution in [3.8, 4) is 0 Å². The molecule has 2 N–H and O–H groups in total. The summed E-state index contributed by atoms with van der Waals surface area (Å²) in [6.45, 7) is 8.40. The number of ether oxygens (including phenoxy) is 2. The molecule has 9 nitrogen and oxygen atoms in total. The lowest BCUT2D eigenvalue weighted by Crippen LogP contribution is -2.42. The predicted molar refractivity (Wildman–Crippen MR) is 172 cm³/mol. The standard InChI is InChI=1S/C36H41N3O6/c1-24-31(34(40)44-6)33(28-18-13-19-29(22-28)39(42)43)32(25(2)37-24)35(41)45-36(3,4)23-38(5)21-20-30(26-14-9-7-10-15-26)27-16-11-8-12-17-27/h7-19,22,30,33H,20-21,23H2,1-6H3,(H-,37,40,41,42,43)/p+1. The molecule has 1 heterocycles. The summed E-state index contributed by atoms with van der Waals surface area (Å²) >= 11 is 0. The third-order valence-electron chi connectivity index (χ3n) is 8.03. The van der Waals surface area contributed by atoms with E-state index in [9.17, 15) is 19.7 Å². The van der Waals surface area contributed by atoms with Gasteiger partial charge >= 0.3 is 17.6 Å². The molecule has 4 rings (SSSR count). The number of nitrogens with one attached hydrogen (secondary N) is 1. The normalized spacial score (nSPS) is 15.2. The van der Waals surface area contributed by atoms with Crippen LogP contribution in [0.1, 0.15) is 62.6 Å². The fraction of sp³-hybridized carbons (Fsp3) is 0.333. The molecular formula is C36H42N3O6+. The summed E-state index contributed by atoms with van der Waals surface area (Å²) in [5.74, 6) is -1.90. The number of carbonyl (C=O) groups is 2. The van der Waals surface area contributed by atoms with Gasteiger partial charge < -0.3 is 19.7 Å². The van der Waals surface area contributed by atoms with Crippen molar-refractivity contribution >= 4 is 17.6 Å². The number of hydrogen-bond acceptors (Lipinski definition) is 7. The van der Waals surface area contributed by atoms with E-state index >= 15 is 0 Å². The Morgan fingerprint density at radius 1 is 0.911 bits per heavy atom. The van der Waals surface area contributed by atoms with Crippen LogP contribution in [-0.2, 0) is 19.1 Å². The minimum Gasteiger partial charge on any atom is -0.466 e. The highest BCUT2D eigenvalue weighted by Crippen LogP contribution is 2.40. The molecule has 0 radical (unpaired) electrons. The van der Waals surface area contributed by atoms with E-state index < -0.39 is 23.5 Å². The number of methoxy groups -OCH3 is 1. The fourth-order valence-electron chi connectivity index (χ4n) is 6.12. The summed E-state index contributed by atoms with van der Waals surface area (Å²) in [6.07, 6.45) is 0.870. The number of carbonyl (C=O) groups excluding carboxylic acids is 2. The van der Waals surface area contributed by atoms with E-state index in [4.69, 9.17) is 9.47 Å². The van der Waals surface area contributed by atoms with Crippen LogP contribution in [0, 0.1) is 4.91 Å². The van der Waals surface area contributed by atoms with Gasteiger partial charge in [0.15, 0.2) is 0 Å². The zero-order valence-electron chi connectivity index (χ0n) is 26.7. The third kappa shape index (κ3) is 8.05. The Morgan fingerprint density at radius 2 is 1.47 bits per heavy atom. The van der Waals surface area contributed by atoms with Gasteiger partial charge in [-0.2, -0.15) is 0 Å². The first-order valence-corrected chi connectivity index (χ1v) is 15.0. The molecule has 236 valence electrons. The van der Waals surface area contributed by atoms with E-state index in [2.05, 4.69) is 58.7 Å². The molecule has 3 aromatic rings. The minimum absolute atomic E-state index is 0.0375. The zero-order valence-corrected chi connectivity index (χ0v) is 26.7. The molecule has 0 spiro atoms. The maximum absolute atomic E-state index is 14.0. The van der Waals surface area contributed by atoms with Crippen molar-refractivity contribution in [2.24, 2.45) is 0 Å². The number of nitrogens with zero attached hydrogens (tertiary/aromatic N) is 2. The number of dihydropyridines is 1. The number of allylic oxidation sites excluding steroid dienone is 2. The molecule has 0 aromatic heterocycles. The van der Waals surface area contributed by atoms with Crippen LogP contribution in [0.2, 0.25) is 0 Å². The van der Waals surface area contributed by atoms with Crippen molar-refractivity contribution in [1.29, 1.82) is 0 Å². The first kappa shape index (κ1) is 33.1. The molecule has 1 aliphatic heterocycles. The van der Waals surface area contributed by atoms with Crippen LogP contribution in [0.15, 0.2) is 107 Å². The Labute approximate surface area is 264 Å². The summed E-state index contributed by atoms with van der Waals surface area (Å²) in [4.78, 5) is 40.6. The van der Waals surface area contributed by atoms with Gasteiger partial charge in [-0.25, -0.2) is 14.8 Å². The van der Waals surface area contributed by atoms with E-state index in [0.717, 1.165) is 13.0 Å². The van der Waals surface area contributed by atoms with Crippen molar-refractivity contribution < 1.29 is 29.2 Å².